The van der Waals surface area contributed by atoms with Gasteiger partial charge in [-0.05, 0) is 26.8 Å². The molecule has 0 bridgehead atoms. The Morgan fingerprint density at radius 1 is 1.45 bits per heavy atom. The first-order valence-electron chi connectivity index (χ1n) is 7.34. The van der Waals surface area contributed by atoms with Crippen molar-refractivity contribution < 1.29 is 9.59 Å². The monoisotopic (exact) mass is 339 g/mol. The minimum atomic E-state index is -0.342. The van der Waals surface area contributed by atoms with Gasteiger partial charge in [-0.3, -0.25) is 9.59 Å². The Balaban J connectivity index is 2.04. The van der Waals surface area contributed by atoms with Crippen molar-refractivity contribution in [1.29, 1.82) is 0 Å². The number of hydrogen-bond donors (Lipinski definition) is 0. The van der Waals surface area contributed by atoms with E-state index in [1.807, 2.05) is 20.8 Å². The van der Waals surface area contributed by atoms with E-state index in [0.29, 0.717) is 24.7 Å². The van der Waals surface area contributed by atoms with Gasteiger partial charge in [0.2, 0.25) is 11.8 Å². The van der Waals surface area contributed by atoms with Crippen LogP contribution >= 0.6 is 23.1 Å². The first-order valence-corrected chi connectivity index (χ1v) is 9.31. The molecule has 0 N–H and O–H groups in total. The van der Waals surface area contributed by atoms with Gasteiger partial charge in [0.25, 0.3) is 0 Å². The minimum absolute atomic E-state index is 0.0467. The molecule has 7 heteroatoms. The molecule has 1 fully saturated rings. The highest BCUT2D eigenvalue weighted by molar-refractivity contribution is 7.99. The summed E-state index contributed by atoms with van der Waals surface area (Å²) < 4.78 is 0. The van der Waals surface area contributed by atoms with E-state index in [0.717, 1.165) is 9.88 Å². The lowest BCUT2D eigenvalue weighted by Gasteiger charge is -2.27. The smallest absolute Gasteiger partial charge is 0.248 e. The molecule has 0 aliphatic carbocycles. The number of thiazole rings is 1. The number of rotatable bonds is 5. The molecule has 1 saturated heterocycles. The maximum Gasteiger partial charge on any atom is 0.248 e. The zero-order valence-corrected chi connectivity index (χ0v) is 14.7. The number of likely N-dealkylation sites (N-methyl/N-ethyl adjacent to an activating group) is 1. The fourth-order valence-electron chi connectivity index (χ4n) is 2.31. The van der Waals surface area contributed by atoms with Crippen molar-refractivity contribution in [2.24, 2.45) is 0 Å². The molecule has 2 heterocycles. The molecule has 0 radical (unpaired) electrons. The Labute approximate surface area is 139 Å². The molecule has 120 valence electrons. The number of hydrogen-bond acceptors (Lipinski definition) is 5. The number of aryl methyl sites for hydroxylation is 1. The van der Waals surface area contributed by atoms with Crippen LogP contribution in [0.15, 0.2) is 12.3 Å². The fourth-order valence-corrected chi connectivity index (χ4v) is 4.16. The average molecular weight is 339 g/mol. The van der Waals surface area contributed by atoms with E-state index < -0.39 is 0 Å². The van der Waals surface area contributed by atoms with Gasteiger partial charge in [-0.25, -0.2) is 4.98 Å². The van der Waals surface area contributed by atoms with Crippen LogP contribution in [-0.4, -0.2) is 57.4 Å². The zero-order chi connectivity index (χ0) is 16.1. The summed E-state index contributed by atoms with van der Waals surface area (Å²) in [6, 6.07) is -0.342. The van der Waals surface area contributed by atoms with Crippen LogP contribution in [0.5, 0.6) is 0 Å². The Morgan fingerprint density at radius 3 is 2.77 bits per heavy atom. The topological polar surface area (TPSA) is 53.5 Å². The van der Waals surface area contributed by atoms with Crippen LogP contribution in [0, 0.1) is 6.92 Å². The van der Waals surface area contributed by atoms with Crippen molar-refractivity contribution in [3.63, 3.8) is 0 Å². The summed E-state index contributed by atoms with van der Waals surface area (Å²) in [6.45, 7) is 7.20. The van der Waals surface area contributed by atoms with E-state index >= 15 is 0 Å². The zero-order valence-electron chi connectivity index (χ0n) is 13.1. The van der Waals surface area contributed by atoms with Crippen LogP contribution in [0.25, 0.3) is 6.08 Å². The summed E-state index contributed by atoms with van der Waals surface area (Å²) in [6.07, 6.45) is 5.07. The highest BCUT2D eigenvalue weighted by Gasteiger charge is 2.35. The second kappa shape index (κ2) is 7.78. The van der Waals surface area contributed by atoms with Gasteiger partial charge in [0.1, 0.15) is 6.04 Å². The highest BCUT2D eigenvalue weighted by Crippen LogP contribution is 2.23. The molecular weight excluding hydrogens is 318 g/mol. The van der Waals surface area contributed by atoms with Crippen molar-refractivity contribution in [3.05, 3.63) is 22.2 Å². The third-order valence-corrected chi connectivity index (χ3v) is 5.45. The summed E-state index contributed by atoms with van der Waals surface area (Å²) in [5, 5.41) is 0.971. The summed E-state index contributed by atoms with van der Waals surface area (Å²) in [4.78, 5) is 33.4. The van der Waals surface area contributed by atoms with E-state index in [4.69, 9.17) is 0 Å². The molecule has 0 unspecified atom stereocenters. The maximum absolute atomic E-state index is 12.5. The molecule has 1 aromatic rings. The van der Waals surface area contributed by atoms with Crippen molar-refractivity contribution in [3.8, 4) is 0 Å². The van der Waals surface area contributed by atoms with Gasteiger partial charge < -0.3 is 9.80 Å². The Bertz CT molecular complexity index is 567. The lowest BCUT2D eigenvalue weighted by atomic mass is 10.2. The molecule has 1 aliphatic heterocycles. The first-order chi connectivity index (χ1) is 10.6. The van der Waals surface area contributed by atoms with Crippen LogP contribution in [0.4, 0.5) is 0 Å². The molecule has 2 rings (SSSR count). The SMILES string of the molecule is CCN(CC)C(=O)[C@H]1CSCN1C(=O)/C=C/c1cnc(C)s1. The molecule has 1 atom stereocenters. The van der Waals surface area contributed by atoms with Crippen molar-refractivity contribution >= 4 is 41.0 Å². The van der Waals surface area contributed by atoms with Gasteiger partial charge in [0.05, 0.1) is 10.9 Å². The third-order valence-electron chi connectivity index (χ3n) is 3.55. The second-order valence-electron chi connectivity index (χ2n) is 4.95. The average Bonchev–Trinajstić information content (AvgIpc) is 3.14. The fraction of sp³-hybridized carbons (Fsp3) is 0.533. The lowest BCUT2D eigenvalue weighted by Crippen LogP contribution is -2.48. The largest absolute Gasteiger partial charge is 0.341 e. The number of aromatic nitrogens is 1. The number of nitrogens with zero attached hydrogens (tertiary/aromatic N) is 3. The Morgan fingerprint density at radius 2 is 2.18 bits per heavy atom. The molecule has 22 heavy (non-hydrogen) atoms. The summed E-state index contributed by atoms with van der Waals surface area (Å²) >= 11 is 3.17. The molecule has 0 saturated carbocycles. The van der Waals surface area contributed by atoms with Gasteiger partial charge in [-0.1, -0.05) is 0 Å². The summed E-state index contributed by atoms with van der Waals surface area (Å²) in [7, 11) is 0. The van der Waals surface area contributed by atoms with E-state index in [9.17, 15) is 9.59 Å². The number of amides is 2. The second-order valence-corrected chi connectivity index (χ2v) is 7.22. The van der Waals surface area contributed by atoms with Crippen LogP contribution in [-0.2, 0) is 9.59 Å². The van der Waals surface area contributed by atoms with Crippen LogP contribution < -0.4 is 0 Å². The molecule has 5 nitrogen and oxygen atoms in total. The van der Waals surface area contributed by atoms with E-state index in [1.165, 1.54) is 0 Å². The summed E-state index contributed by atoms with van der Waals surface area (Å²) in [5.74, 6) is 1.18. The predicted molar refractivity (Wildman–Crippen MR) is 91.8 cm³/mol. The van der Waals surface area contributed by atoms with Gasteiger partial charge in [-0.15, -0.1) is 23.1 Å². The van der Waals surface area contributed by atoms with Crippen molar-refractivity contribution in [2.45, 2.75) is 26.8 Å². The number of thioether (sulfide) groups is 1. The summed E-state index contributed by atoms with van der Waals surface area (Å²) in [5.41, 5.74) is 0. The molecule has 2 amide bonds. The van der Waals surface area contributed by atoms with Crippen LogP contribution in [0.1, 0.15) is 23.7 Å². The van der Waals surface area contributed by atoms with Gasteiger partial charge in [0.15, 0.2) is 0 Å². The Hall–Kier alpha value is -1.34. The molecule has 0 aromatic carbocycles. The standard InChI is InChI=1S/C15H21N3O2S2/c1-4-17(5-2)15(20)13-9-21-10-18(13)14(19)7-6-12-8-16-11(3)22-12/h6-8,13H,4-5,9-10H2,1-3H3/b7-6+/t13-/m1/s1. The normalized spacial score (nSPS) is 18.1. The van der Waals surface area contributed by atoms with E-state index in [2.05, 4.69) is 4.98 Å². The minimum Gasteiger partial charge on any atom is -0.341 e. The molecular formula is C15H21N3O2S2. The Kier molecular flexibility index (Phi) is 6.02. The number of carbonyl (C=O) groups is 2. The van der Waals surface area contributed by atoms with Gasteiger partial charge in [0, 0.05) is 36.0 Å². The molecule has 0 spiro atoms. The van der Waals surface area contributed by atoms with E-state index in [1.54, 1.807) is 51.2 Å². The van der Waals surface area contributed by atoms with Crippen LogP contribution in [0.3, 0.4) is 0 Å². The maximum atomic E-state index is 12.5. The van der Waals surface area contributed by atoms with Crippen LogP contribution in [0.2, 0.25) is 0 Å². The molecule has 1 aromatic heterocycles. The quantitative estimate of drug-likeness (QED) is 0.772. The van der Waals surface area contributed by atoms with Gasteiger partial charge in [-0.2, -0.15) is 0 Å². The highest BCUT2D eigenvalue weighted by atomic mass is 32.2. The number of carbonyl (C=O) groups excluding carboxylic acids is 2. The third kappa shape index (κ3) is 3.89. The predicted octanol–water partition coefficient (Wildman–Crippen LogP) is 2.23. The van der Waals surface area contributed by atoms with Crippen molar-refractivity contribution in [1.82, 2.24) is 14.8 Å². The van der Waals surface area contributed by atoms with Gasteiger partial charge >= 0.3 is 0 Å². The first kappa shape index (κ1) is 17.0. The lowest BCUT2D eigenvalue weighted by molar-refractivity contribution is -0.140. The van der Waals surface area contributed by atoms with E-state index in [-0.39, 0.29) is 17.9 Å². The molecule has 1 aliphatic rings. The van der Waals surface area contributed by atoms with Crippen molar-refractivity contribution in [2.75, 3.05) is 24.7 Å².